The lowest BCUT2D eigenvalue weighted by molar-refractivity contribution is -0.119. The van der Waals surface area contributed by atoms with Crippen molar-refractivity contribution < 1.29 is 32.2 Å². The summed E-state index contributed by atoms with van der Waals surface area (Å²) in [4.78, 5) is 24.0. The van der Waals surface area contributed by atoms with E-state index in [1.807, 2.05) is 0 Å². The molecule has 2 aromatic rings. The van der Waals surface area contributed by atoms with Gasteiger partial charge in [0.05, 0.1) is 19.1 Å². The molecule has 2 rings (SSSR count). The van der Waals surface area contributed by atoms with Gasteiger partial charge in [-0.05, 0) is 36.4 Å². The fourth-order valence-electron chi connectivity index (χ4n) is 2.18. The van der Waals surface area contributed by atoms with Crippen LogP contribution in [0.15, 0.2) is 47.4 Å². The van der Waals surface area contributed by atoms with E-state index in [2.05, 4.69) is 5.32 Å². The highest BCUT2D eigenvalue weighted by atomic mass is 32.2. The van der Waals surface area contributed by atoms with Crippen LogP contribution in [-0.4, -0.2) is 41.1 Å². The van der Waals surface area contributed by atoms with Gasteiger partial charge in [0.1, 0.15) is 5.56 Å². The Balaban J connectivity index is 1.99. The SMILES string of the molecule is COc1cccc(C(=O)OCC(=O)Nc2ccc(S(N)(=O)=O)cc2)c1OC. The predicted molar refractivity (Wildman–Crippen MR) is 96.3 cm³/mol. The number of rotatable bonds is 7. The number of sulfonamides is 1. The summed E-state index contributed by atoms with van der Waals surface area (Å²) in [6, 6.07) is 9.91. The van der Waals surface area contributed by atoms with Crippen molar-refractivity contribution in [3.8, 4) is 11.5 Å². The molecule has 144 valence electrons. The molecular weight excluding hydrogens is 376 g/mol. The molecule has 0 aliphatic rings. The van der Waals surface area contributed by atoms with Gasteiger partial charge >= 0.3 is 5.97 Å². The Morgan fingerprint density at radius 3 is 2.26 bits per heavy atom. The van der Waals surface area contributed by atoms with E-state index < -0.39 is 28.5 Å². The lowest BCUT2D eigenvalue weighted by atomic mass is 10.2. The summed E-state index contributed by atoms with van der Waals surface area (Å²) in [7, 11) is -1.00. The van der Waals surface area contributed by atoms with Crippen molar-refractivity contribution in [2.75, 3.05) is 26.1 Å². The Hall–Kier alpha value is -3.11. The summed E-state index contributed by atoms with van der Waals surface area (Å²) in [5, 5.41) is 7.47. The van der Waals surface area contributed by atoms with Crippen LogP contribution in [0.3, 0.4) is 0 Å². The van der Waals surface area contributed by atoms with E-state index in [1.54, 1.807) is 12.1 Å². The topological polar surface area (TPSA) is 134 Å². The van der Waals surface area contributed by atoms with Crippen LogP contribution in [0.2, 0.25) is 0 Å². The van der Waals surface area contributed by atoms with Gasteiger partial charge in [-0.3, -0.25) is 4.79 Å². The summed E-state index contributed by atoms with van der Waals surface area (Å²) < 4.78 is 37.6. The Labute approximate surface area is 156 Å². The van der Waals surface area contributed by atoms with Crippen LogP contribution in [0.1, 0.15) is 10.4 Å². The molecule has 9 nitrogen and oxygen atoms in total. The molecule has 0 aliphatic heterocycles. The lowest BCUT2D eigenvalue weighted by Gasteiger charge is -2.12. The average Bonchev–Trinajstić information content (AvgIpc) is 2.65. The van der Waals surface area contributed by atoms with Gasteiger partial charge in [-0.1, -0.05) is 6.07 Å². The zero-order chi connectivity index (χ0) is 20.0. The van der Waals surface area contributed by atoms with E-state index >= 15 is 0 Å². The first-order valence-electron chi connectivity index (χ1n) is 7.57. The van der Waals surface area contributed by atoms with Crippen LogP contribution in [-0.2, 0) is 19.6 Å². The number of primary sulfonamides is 1. The maximum atomic E-state index is 12.2. The number of carbonyl (C=O) groups excluding carboxylic acids is 2. The minimum Gasteiger partial charge on any atom is -0.493 e. The average molecular weight is 394 g/mol. The Morgan fingerprint density at radius 1 is 1.04 bits per heavy atom. The number of hydrogen-bond acceptors (Lipinski definition) is 7. The minimum absolute atomic E-state index is 0.0861. The number of anilines is 1. The Bertz CT molecular complexity index is 940. The van der Waals surface area contributed by atoms with Gasteiger partial charge in [-0.15, -0.1) is 0 Å². The molecule has 10 heteroatoms. The van der Waals surface area contributed by atoms with Crippen LogP contribution in [0.25, 0.3) is 0 Å². The first kappa shape index (κ1) is 20.2. The number of carbonyl (C=O) groups is 2. The normalized spacial score (nSPS) is 10.8. The molecule has 0 saturated carbocycles. The van der Waals surface area contributed by atoms with Crippen LogP contribution < -0.4 is 19.9 Å². The van der Waals surface area contributed by atoms with Gasteiger partial charge in [0.15, 0.2) is 18.1 Å². The molecule has 0 atom stereocenters. The second-order valence-corrected chi connectivity index (χ2v) is 6.80. The maximum absolute atomic E-state index is 12.2. The van der Waals surface area contributed by atoms with Gasteiger partial charge in [-0.2, -0.15) is 0 Å². The molecule has 3 N–H and O–H groups in total. The van der Waals surface area contributed by atoms with Crippen molar-refractivity contribution in [2.45, 2.75) is 4.90 Å². The fraction of sp³-hybridized carbons (Fsp3) is 0.176. The number of methoxy groups -OCH3 is 2. The fourth-order valence-corrected chi connectivity index (χ4v) is 2.70. The number of ether oxygens (including phenoxy) is 3. The largest absolute Gasteiger partial charge is 0.493 e. The van der Waals surface area contributed by atoms with E-state index in [0.29, 0.717) is 11.4 Å². The van der Waals surface area contributed by atoms with Crippen LogP contribution in [0.5, 0.6) is 11.5 Å². The highest BCUT2D eigenvalue weighted by molar-refractivity contribution is 7.89. The highest BCUT2D eigenvalue weighted by Gasteiger charge is 2.18. The smallest absolute Gasteiger partial charge is 0.342 e. The molecule has 0 unspecified atom stereocenters. The van der Waals surface area contributed by atoms with E-state index in [4.69, 9.17) is 19.3 Å². The van der Waals surface area contributed by atoms with Crippen LogP contribution >= 0.6 is 0 Å². The van der Waals surface area contributed by atoms with Crippen molar-refractivity contribution in [3.63, 3.8) is 0 Å². The van der Waals surface area contributed by atoms with E-state index in [9.17, 15) is 18.0 Å². The summed E-state index contributed by atoms with van der Waals surface area (Å²) in [6.07, 6.45) is 0. The van der Waals surface area contributed by atoms with Gasteiger partial charge in [-0.25, -0.2) is 18.4 Å². The third-order valence-electron chi connectivity index (χ3n) is 3.42. The number of benzene rings is 2. The monoisotopic (exact) mass is 394 g/mol. The van der Waals surface area contributed by atoms with Gasteiger partial charge < -0.3 is 19.5 Å². The quantitative estimate of drug-likeness (QED) is 0.673. The van der Waals surface area contributed by atoms with Gasteiger partial charge in [0, 0.05) is 5.69 Å². The number of hydrogen-bond donors (Lipinski definition) is 2. The summed E-state index contributed by atoms with van der Waals surface area (Å²) in [6.45, 7) is -0.545. The molecule has 0 saturated heterocycles. The van der Waals surface area contributed by atoms with E-state index in [0.717, 1.165) is 0 Å². The Kier molecular flexibility index (Phi) is 6.37. The van der Waals surface area contributed by atoms with Crippen LogP contribution in [0.4, 0.5) is 5.69 Å². The van der Waals surface area contributed by atoms with Crippen molar-refractivity contribution >= 4 is 27.6 Å². The van der Waals surface area contributed by atoms with Crippen molar-refractivity contribution in [1.82, 2.24) is 0 Å². The first-order chi connectivity index (χ1) is 12.8. The molecule has 0 spiro atoms. The lowest BCUT2D eigenvalue weighted by Crippen LogP contribution is -2.21. The molecule has 2 aromatic carbocycles. The molecule has 0 aliphatic carbocycles. The summed E-state index contributed by atoms with van der Waals surface area (Å²) in [5.41, 5.74) is 0.435. The van der Waals surface area contributed by atoms with Gasteiger partial charge in [0.25, 0.3) is 5.91 Å². The number of amides is 1. The number of nitrogens with two attached hydrogens (primary N) is 1. The standard InChI is InChI=1S/C17H18N2O7S/c1-24-14-5-3-4-13(16(14)25-2)17(21)26-10-15(20)19-11-6-8-12(9-7-11)27(18,22)23/h3-9H,10H2,1-2H3,(H,19,20)(H2,18,22,23). The van der Waals surface area contributed by atoms with Crippen molar-refractivity contribution in [2.24, 2.45) is 5.14 Å². The third kappa shape index (κ3) is 5.19. The van der Waals surface area contributed by atoms with Gasteiger partial charge in [0.2, 0.25) is 10.0 Å². The molecule has 0 aromatic heterocycles. The second kappa shape index (κ2) is 8.52. The molecule has 1 amide bonds. The highest BCUT2D eigenvalue weighted by Crippen LogP contribution is 2.31. The first-order valence-corrected chi connectivity index (χ1v) is 9.11. The zero-order valence-electron chi connectivity index (χ0n) is 14.6. The number of esters is 1. The Morgan fingerprint density at radius 2 is 1.70 bits per heavy atom. The summed E-state index contributed by atoms with van der Waals surface area (Å²) >= 11 is 0. The number of nitrogens with one attached hydrogen (secondary N) is 1. The minimum atomic E-state index is -3.82. The van der Waals surface area contributed by atoms with E-state index in [1.165, 1.54) is 44.6 Å². The third-order valence-corrected chi connectivity index (χ3v) is 4.35. The van der Waals surface area contributed by atoms with Crippen molar-refractivity contribution in [3.05, 3.63) is 48.0 Å². The number of para-hydroxylation sites is 1. The van der Waals surface area contributed by atoms with Crippen molar-refractivity contribution in [1.29, 1.82) is 0 Å². The zero-order valence-corrected chi connectivity index (χ0v) is 15.4. The molecule has 0 fully saturated rings. The molecule has 0 radical (unpaired) electrons. The summed E-state index contributed by atoms with van der Waals surface area (Å²) in [5.74, 6) is -0.811. The predicted octanol–water partition coefficient (Wildman–Crippen LogP) is 1.15. The van der Waals surface area contributed by atoms with E-state index in [-0.39, 0.29) is 16.2 Å². The van der Waals surface area contributed by atoms with Crippen LogP contribution in [0, 0.1) is 0 Å². The molecule has 27 heavy (non-hydrogen) atoms. The second-order valence-electron chi connectivity index (χ2n) is 5.23. The molecule has 0 heterocycles. The molecule has 0 bridgehead atoms. The molecular formula is C17H18N2O7S. The maximum Gasteiger partial charge on any atom is 0.342 e.